The number of carbonyl (C=O) groups is 1. The number of anilines is 1. The molecule has 1 aliphatic rings. The van der Waals surface area contributed by atoms with Gasteiger partial charge in [0.25, 0.3) is 5.91 Å². The van der Waals surface area contributed by atoms with E-state index in [1.165, 1.54) is 10.4 Å². The second-order valence-corrected chi connectivity index (χ2v) is 12.6. The summed E-state index contributed by atoms with van der Waals surface area (Å²) in [4.78, 5) is 19.6. The second kappa shape index (κ2) is 9.61. The average Bonchev–Trinajstić information content (AvgIpc) is 3.39. The number of hydrogen-bond donors (Lipinski definition) is 2. The molecule has 3 heterocycles. The fourth-order valence-corrected chi connectivity index (χ4v) is 7.42. The summed E-state index contributed by atoms with van der Waals surface area (Å²) in [6, 6.07) is 15.6. The van der Waals surface area contributed by atoms with Gasteiger partial charge in [-0.25, -0.2) is 4.98 Å². The van der Waals surface area contributed by atoms with Gasteiger partial charge in [0.15, 0.2) is 0 Å². The van der Waals surface area contributed by atoms with Crippen LogP contribution < -0.4 is 15.4 Å². The summed E-state index contributed by atoms with van der Waals surface area (Å²) in [6.45, 7) is 11.7. The molecule has 2 aromatic carbocycles. The lowest BCUT2D eigenvalue weighted by atomic mass is 9.81. The molecule has 0 fully saturated rings. The number of unbranched alkanes of at least 4 members (excludes halogenated alkanes) is 1. The minimum Gasteiger partial charge on any atom is -0.494 e. The van der Waals surface area contributed by atoms with E-state index in [-0.39, 0.29) is 17.0 Å². The molecule has 0 radical (unpaired) electrons. The minimum absolute atomic E-state index is 0.0715. The fraction of sp³-hybridized carbons (Fsp3) is 0.379. The number of carbonyl (C=O) groups excluding carboxylic acids is 1. The van der Waals surface area contributed by atoms with Gasteiger partial charge in [0.1, 0.15) is 15.8 Å². The molecular formula is C29H33N3O2S2. The number of amides is 1. The second-order valence-electron chi connectivity index (χ2n) is 10.6. The maximum absolute atomic E-state index is 13.4. The Morgan fingerprint density at radius 2 is 1.83 bits per heavy atom. The van der Waals surface area contributed by atoms with Crippen molar-refractivity contribution in [1.82, 2.24) is 10.3 Å². The zero-order chi connectivity index (χ0) is 25.5. The number of nitrogens with one attached hydrogen (secondary N) is 2. The van der Waals surface area contributed by atoms with Gasteiger partial charge in [0.05, 0.1) is 16.8 Å². The number of benzene rings is 2. The van der Waals surface area contributed by atoms with Gasteiger partial charge in [-0.05, 0) is 82.5 Å². The largest absolute Gasteiger partial charge is 0.494 e. The van der Waals surface area contributed by atoms with Crippen LogP contribution in [-0.2, 0) is 12.0 Å². The Morgan fingerprint density at radius 3 is 2.56 bits per heavy atom. The fourth-order valence-electron chi connectivity index (χ4n) is 5.03. The first-order chi connectivity index (χ1) is 17.2. The Labute approximate surface area is 220 Å². The molecule has 5 rings (SSSR count). The van der Waals surface area contributed by atoms with Gasteiger partial charge >= 0.3 is 0 Å². The Balaban J connectivity index is 1.52. The first-order valence-electron chi connectivity index (χ1n) is 12.5. The van der Waals surface area contributed by atoms with Gasteiger partial charge in [0.2, 0.25) is 0 Å². The maximum Gasteiger partial charge on any atom is 0.256 e. The van der Waals surface area contributed by atoms with E-state index in [9.17, 15) is 4.79 Å². The van der Waals surface area contributed by atoms with E-state index >= 15 is 0 Å². The van der Waals surface area contributed by atoms with Crippen LogP contribution in [0, 0.1) is 0 Å². The van der Waals surface area contributed by atoms with Gasteiger partial charge in [-0.15, -0.1) is 22.7 Å². The molecule has 2 N–H and O–H groups in total. The number of para-hydroxylation sites is 1. The molecule has 36 heavy (non-hydrogen) atoms. The van der Waals surface area contributed by atoms with Gasteiger partial charge in [-0.2, -0.15) is 0 Å². The third-order valence-electron chi connectivity index (χ3n) is 6.46. The van der Waals surface area contributed by atoms with Crippen molar-refractivity contribution < 1.29 is 9.53 Å². The number of hydrogen-bond acceptors (Lipinski definition) is 6. The molecule has 1 aliphatic heterocycles. The number of nitrogens with zero attached hydrogens (tertiary/aromatic N) is 1. The van der Waals surface area contributed by atoms with Crippen molar-refractivity contribution in [3.05, 3.63) is 64.5 Å². The molecule has 0 saturated heterocycles. The Bertz CT molecular complexity index is 1370. The Kier molecular flexibility index (Phi) is 6.66. The van der Waals surface area contributed by atoms with E-state index in [1.807, 2.05) is 42.5 Å². The van der Waals surface area contributed by atoms with Crippen LogP contribution in [-0.4, -0.2) is 23.0 Å². The number of fused-ring (bicyclic) bond motifs is 2. The molecule has 5 nitrogen and oxygen atoms in total. The molecule has 0 spiro atoms. The van der Waals surface area contributed by atoms with Crippen LogP contribution in [0.1, 0.15) is 68.3 Å². The number of rotatable bonds is 7. The molecule has 1 amide bonds. The molecule has 0 unspecified atom stereocenters. The highest BCUT2D eigenvalue weighted by molar-refractivity contribution is 7.23. The van der Waals surface area contributed by atoms with E-state index in [4.69, 9.17) is 9.72 Å². The quantitative estimate of drug-likeness (QED) is 0.247. The summed E-state index contributed by atoms with van der Waals surface area (Å²) in [6.07, 6.45) is 2.97. The summed E-state index contributed by atoms with van der Waals surface area (Å²) in [5.41, 5.74) is 3.65. The van der Waals surface area contributed by atoms with Crippen LogP contribution in [0.15, 0.2) is 48.5 Å². The molecule has 4 aromatic rings. The monoisotopic (exact) mass is 519 g/mol. The van der Waals surface area contributed by atoms with Crippen LogP contribution in [0.4, 0.5) is 5.00 Å². The van der Waals surface area contributed by atoms with E-state index < -0.39 is 0 Å². The molecule has 0 aliphatic carbocycles. The number of ether oxygens (including phenoxy) is 1. The highest BCUT2D eigenvalue weighted by atomic mass is 32.1. The van der Waals surface area contributed by atoms with Gasteiger partial charge in [-0.1, -0.05) is 25.5 Å². The first-order valence-corrected chi connectivity index (χ1v) is 14.2. The lowest BCUT2D eigenvalue weighted by Crippen LogP contribution is -2.54. The van der Waals surface area contributed by atoms with E-state index in [2.05, 4.69) is 51.3 Å². The topological polar surface area (TPSA) is 63.2 Å². The molecule has 0 saturated carbocycles. The van der Waals surface area contributed by atoms with Crippen molar-refractivity contribution in [3.8, 4) is 16.3 Å². The average molecular weight is 520 g/mol. The molecule has 2 aromatic heterocycles. The van der Waals surface area contributed by atoms with Crippen molar-refractivity contribution in [2.75, 3.05) is 11.9 Å². The zero-order valence-corrected chi connectivity index (χ0v) is 23.2. The van der Waals surface area contributed by atoms with Crippen LogP contribution >= 0.6 is 22.7 Å². The normalized spacial score (nSPS) is 16.0. The predicted octanol–water partition coefficient (Wildman–Crippen LogP) is 7.62. The van der Waals surface area contributed by atoms with Crippen molar-refractivity contribution in [3.63, 3.8) is 0 Å². The van der Waals surface area contributed by atoms with E-state index in [0.29, 0.717) is 12.2 Å². The highest BCUT2D eigenvalue weighted by Gasteiger charge is 2.41. The van der Waals surface area contributed by atoms with Gasteiger partial charge < -0.3 is 15.4 Å². The van der Waals surface area contributed by atoms with E-state index in [1.54, 1.807) is 22.7 Å². The lowest BCUT2D eigenvalue weighted by molar-refractivity contribution is 0.102. The van der Waals surface area contributed by atoms with Crippen LogP contribution in [0.25, 0.3) is 20.8 Å². The van der Waals surface area contributed by atoms with Gasteiger partial charge in [-0.3, -0.25) is 4.79 Å². The third kappa shape index (κ3) is 4.92. The maximum atomic E-state index is 13.4. The molecule has 0 bridgehead atoms. The molecule has 188 valence electrons. The molecule has 7 heteroatoms. The first kappa shape index (κ1) is 24.9. The van der Waals surface area contributed by atoms with Crippen LogP contribution in [0.2, 0.25) is 0 Å². The summed E-state index contributed by atoms with van der Waals surface area (Å²) in [5.74, 6) is 0.665. The number of thiazole rings is 1. The zero-order valence-electron chi connectivity index (χ0n) is 21.5. The lowest BCUT2D eigenvalue weighted by Gasteiger charge is -2.42. The summed E-state index contributed by atoms with van der Waals surface area (Å²) < 4.78 is 6.91. The summed E-state index contributed by atoms with van der Waals surface area (Å²) >= 11 is 3.35. The van der Waals surface area contributed by atoms with Crippen molar-refractivity contribution in [1.29, 1.82) is 0 Å². The SMILES string of the molecule is CCCCOc1ccc(C(=O)Nc2sc3c(c2-c2nc4ccccc4s2)CC(C)(C)NC3(C)C)cc1. The van der Waals surface area contributed by atoms with Crippen molar-refractivity contribution >= 4 is 43.8 Å². The minimum atomic E-state index is -0.215. The highest BCUT2D eigenvalue weighted by Crippen LogP contribution is 2.50. The smallest absolute Gasteiger partial charge is 0.256 e. The standard InChI is InChI=1S/C29H33N3O2S2/c1-6-7-16-34-19-14-12-18(13-15-19)25(33)31-27-23(26-30-21-10-8-9-11-22(21)35-26)20-17-28(2,3)32-29(4,5)24(20)36-27/h8-15,32H,6-7,16-17H2,1-5H3,(H,31,33). The Morgan fingerprint density at radius 1 is 1.08 bits per heavy atom. The van der Waals surface area contributed by atoms with Crippen LogP contribution in [0.5, 0.6) is 5.75 Å². The summed E-state index contributed by atoms with van der Waals surface area (Å²) in [5, 5.41) is 8.84. The molecule has 0 atom stereocenters. The Hall–Kier alpha value is -2.74. The third-order valence-corrected chi connectivity index (χ3v) is 8.99. The van der Waals surface area contributed by atoms with Crippen LogP contribution in [0.3, 0.4) is 0 Å². The predicted molar refractivity (Wildman–Crippen MR) is 152 cm³/mol. The number of aromatic nitrogens is 1. The van der Waals surface area contributed by atoms with Crippen molar-refractivity contribution in [2.45, 2.75) is 65.0 Å². The summed E-state index contributed by atoms with van der Waals surface area (Å²) in [7, 11) is 0. The van der Waals surface area contributed by atoms with Crippen molar-refractivity contribution in [2.24, 2.45) is 0 Å². The number of thiophene rings is 1. The van der Waals surface area contributed by atoms with E-state index in [0.717, 1.165) is 50.8 Å². The molecular weight excluding hydrogens is 486 g/mol. The van der Waals surface area contributed by atoms with Gasteiger partial charge in [0, 0.05) is 27.1 Å².